The Labute approximate surface area is 117 Å². The molecule has 9 heteroatoms. The molecule has 0 aliphatic heterocycles. The van der Waals surface area contributed by atoms with Crippen molar-refractivity contribution in [2.45, 2.75) is 24.4 Å². The van der Waals surface area contributed by atoms with Crippen LogP contribution in [0.1, 0.15) is 24.4 Å². The van der Waals surface area contributed by atoms with E-state index in [9.17, 15) is 8.42 Å². The van der Waals surface area contributed by atoms with E-state index in [1.807, 2.05) is 14.0 Å². The minimum absolute atomic E-state index is 0.00645. The Balaban J connectivity index is 2.09. The number of nitrogens with one attached hydrogen (secondary N) is 3. The zero-order valence-corrected chi connectivity index (χ0v) is 12.0. The SMILES string of the molecule is CNC(C)c1ccc(S(=O)(=O)NCc2nn[nH]n2)cc1. The molecule has 0 fully saturated rings. The molecule has 20 heavy (non-hydrogen) atoms. The molecule has 0 amide bonds. The largest absolute Gasteiger partial charge is 0.313 e. The number of rotatable bonds is 6. The highest BCUT2D eigenvalue weighted by atomic mass is 32.2. The van der Waals surface area contributed by atoms with Crippen molar-refractivity contribution < 1.29 is 8.42 Å². The second-order valence-electron chi connectivity index (χ2n) is 4.23. The molecule has 0 spiro atoms. The third kappa shape index (κ3) is 3.38. The molecule has 8 nitrogen and oxygen atoms in total. The maximum absolute atomic E-state index is 12.1. The molecule has 0 radical (unpaired) electrons. The van der Waals surface area contributed by atoms with Crippen LogP contribution in [0.4, 0.5) is 0 Å². The number of aromatic amines is 1. The van der Waals surface area contributed by atoms with Crippen LogP contribution in [0.3, 0.4) is 0 Å². The van der Waals surface area contributed by atoms with Gasteiger partial charge < -0.3 is 5.32 Å². The summed E-state index contributed by atoms with van der Waals surface area (Å²) >= 11 is 0. The Morgan fingerprint density at radius 2 is 2.00 bits per heavy atom. The maximum Gasteiger partial charge on any atom is 0.240 e. The highest BCUT2D eigenvalue weighted by molar-refractivity contribution is 7.89. The molecule has 0 aliphatic rings. The van der Waals surface area contributed by atoms with Crippen LogP contribution in [0.25, 0.3) is 0 Å². The number of aromatic nitrogens is 4. The Morgan fingerprint density at radius 1 is 1.30 bits per heavy atom. The lowest BCUT2D eigenvalue weighted by atomic mass is 10.1. The summed E-state index contributed by atoms with van der Waals surface area (Å²) in [6.07, 6.45) is 0. The second-order valence-corrected chi connectivity index (χ2v) is 6.00. The van der Waals surface area contributed by atoms with Crippen molar-refractivity contribution in [2.75, 3.05) is 7.05 Å². The fraction of sp³-hybridized carbons (Fsp3) is 0.364. The Bertz CT molecular complexity index is 638. The molecule has 1 heterocycles. The molecule has 1 atom stereocenters. The van der Waals surface area contributed by atoms with Crippen LogP contribution in [0, 0.1) is 0 Å². The summed E-state index contributed by atoms with van der Waals surface area (Å²) in [7, 11) is -1.73. The lowest BCUT2D eigenvalue weighted by Gasteiger charge is -2.11. The van der Waals surface area contributed by atoms with E-state index < -0.39 is 10.0 Å². The summed E-state index contributed by atoms with van der Waals surface area (Å²) in [6, 6.07) is 6.87. The predicted octanol–water partition coefficient (Wildman–Crippen LogP) is -0.0414. The third-order valence-electron chi connectivity index (χ3n) is 2.93. The van der Waals surface area contributed by atoms with Crippen LogP contribution >= 0.6 is 0 Å². The standard InChI is InChI=1S/C11H16N6O2S/c1-8(12-2)9-3-5-10(6-4-9)20(18,19)13-7-11-14-16-17-15-11/h3-6,8,12-13H,7H2,1-2H3,(H,14,15,16,17). The summed E-state index contributed by atoms with van der Waals surface area (Å²) in [5.41, 5.74) is 1.02. The van der Waals surface area contributed by atoms with Crippen LogP contribution in [0.2, 0.25) is 0 Å². The van der Waals surface area contributed by atoms with Crippen LogP contribution in [-0.2, 0) is 16.6 Å². The number of sulfonamides is 1. The minimum atomic E-state index is -3.58. The average Bonchev–Trinajstić information content (AvgIpc) is 2.98. The lowest BCUT2D eigenvalue weighted by Crippen LogP contribution is -2.24. The van der Waals surface area contributed by atoms with Crippen LogP contribution in [0.5, 0.6) is 0 Å². The Morgan fingerprint density at radius 3 is 2.55 bits per heavy atom. The first-order valence-electron chi connectivity index (χ1n) is 6.02. The molecular formula is C11H16N6O2S. The molecular weight excluding hydrogens is 280 g/mol. The van der Waals surface area contributed by atoms with E-state index >= 15 is 0 Å². The van der Waals surface area contributed by atoms with Gasteiger partial charge in [-0.15, -0.1) is 10.2 Å². The van der Waals surface area contributed by atoms with Crippen molar-refractivity contribution >= 4 is 10.0 Å². The van der Waals surface area contributed by atoms with Gasteiger partial charge in [0, 0.05) is 6.04 Å². The lowest BCUT2D eigenvalue weighted by molar-refractivity contribution is 0.579. The Kier molecular flexibility index (Phi) is 4.42. The fourth-order valence-corrected chi connectivity index (χ4v) is 2.58. The van der Waals surface area contributed by atoms with Crippen molar-refractivity contribution in [3.63, 3.8) is 0 Å². The number of nitrogens with zero attached hydrogens (tertiary/aromatic N) is 3. The number of hydrogen-bond donors (Lipinski definition) is 3. The van der Waals surface area contributed by atoms with Gasteiger partial charge in [0.05, 0.1) is 11.4 Å². The highest BCUT2D eigenvalue weighted by Gasteiger charge is 2.15. The van der Waals surface area contributed by atoms with E-state index in [4.69, 9.17) is 0 Å². The van der Waals surface area contributed by atoms with E-state index in [2.05, 4.69) is 30.7 Å². The smallest absolute Gasteiger partial charge is 0.240 e. The Hall–Kier alpha value is -1.84. The molecule has 3 N–H and O–H groups in total. The van der Waals surface area contributed by atoms with Crippen molar-refractivity contribution in [1.29, 1.82) is 0 Å². The van der Waals surface area contributed by atoms with Gasteiger partial charge in [-0.05, 0) is 31.7 Å². The molecule has 108 valence electrons. The normalized spacial score (nSPS) is 13.3. The van der Waals surface area contributed by atoms with Crippen molar-refractivity contribution in [1.82, 2.24) is 30.7 Å². The van der Waals surface area contributed by atoms with Gasteiger partial charge in [0.15, 0.2) is 5.82 Å². The van der Waals surface area contributed by atoms with Crippen LogP contribution < -0.4 is 10.0 Å². The van der Waals surface area contributed by atoms with Gasteiger partial charge in [0.25, 0.3) is 0 Å². The summed E-state index contributed by atoms with van der Waals surface area (Å²) < 4.78 is 26.5. The monoisotopic (exact) mass is 296 g/mol. The van der Waals surface area contributed by atoms with Gasteiger partial charge in [0.2, 0.25) is 10.0 Å². The number of benzene rings is 1. The molecule has 0 aliphatic carbocycles. The summed E-state index contributed by atoms with van der Waals surface area (Å²) in [6.45, 7) is 1.99. The number of tetrazole rings is 1. The first-order valence-corrected chi connectivity index (χ1v) is 7.50. The summed E-state index contributed by atoms with van der Waals surface area (Å²) in [5.74, 6) is 0.286. The van der Waals surface area contributed by atoms with Gasteiger partial charge in [-0.25, -0.2) is 13.1 Å². The number of H-pyrrole nitrogens is 1. The van der Waals surface area contributed by atoms with Crippen molar-refractivity contribution in [3.8, 4) is 0 Å². The van der Waals surface area contributed by atoms with Crippen molar-refractivity contribution in [3.05, 3.63) is 35.7 Å². The molecule has 1 aromatic carbocycles. The van der Waals surface area contributed by atoms with Gasteiger partial charge in [-0.2, -0.15) is 5.21 Å². The predicted molar refractivity (Wildman–Crippen MR) is 72.1 cm³/mol. The fourth-order valence-electron chi connectivity index (χ4n) is 1.60. The summed E-state index contributed by atoms with van der Waals surface area (Å²) in [4.78, 5) is 0.202. The van der Waals surface area contributed by atoms with Crippen molar-refractivity contribution in [2.24, 2.45) is 0 Å². The molecule has 1 aromatic heterocycles. The summed E-state index contributed by atoms with van der Waals surface area (Å²) in [5, 5.41) is 16.1. The average molecular weight is 296 g/mol. The molecule has 0 saturated carbocycles. The highest BCUT2D eigenvalue weighted by Crippen LogP contribution is 2.15. The van der Waals surface area contributed by atoms with Gasteiger partial charge in [-0.1, -0.05) is 17.3 Å². The molecule has 0 saturated heterocycles. The van der Waals surface area contributed by atoms with Gasteiger partial charge >= 0.3 is 0 Å². The first kappa shape index (κ1) is 14.6. The van der Waals surface area contributed by atoms with E-state index in [0.29, 0.717) is 0 Å². The van der Waals surface area contributed by atoms with Crippen LogP contribution in [-0.4, -0.2) is 36.1 Å². The number of hydrogen-bond acceptors (Lipinski definition) is 6. The van der Waals surface area contributed by atoms with Gasteiger partial charge in [-0.3, -0.25) is 0 Å². The van der Waals surface area contributed by atoms with Crippen LogP contribution in [0.15, 0.2) is 29.2 Å². The minimum Gasteiger partial charge on any atom is -0.313 e. The molecule has 0 bridgehead atoms. The van der Waals surface area contributed by atoms with Gasteiger partial charge in [0.1, 0.15) is 0 Å². The van der Waals surface area contributed by atoms with E-state index in [0.717, 1.165) is 5.56 Å². The second kappa shape index (κ2) is 6.07. The van der Waals surface area contributed by atoms with E-state index in [-0.39, 0.29) is 23.3 Å². The molecule has 2 rings (SSSR count). The topological polar surface area (TPSA) is 113 Å². The zero-order valence-electron chi connectivity index (χ0n) is 11.2. The van der Waals surface area contributed by atoms with E-state index in [1.54, 1.807) is 24.3 Å². The maximum atomic E-state index is 12.1. The quantitative estimate of drug-likeness (QED) is 0.689. The first-order chi connectivity index (χ1) is 9.53. The third-order valence-corrected chi connectivity index (χ3v) is 4.35. The van der Waals surface area contributed by atoms with E-state index in [1.165, 1.54) is 0 Å². The molecule has 1 unspecified atom stereocenters. The molecule has 2 aromatic rings. The zero-order chi connectivity index (χ0) is 14.6.